The third-order valence-corrected chi connectivity index (χ3v) is 3.79. The predicted molar refractivity (Wildman–Crippen MR) is 66.3 cm³/mol. The highest BCUT2D eigenvalue weighted by molar-refractivity contribution is 5.28. The van der Waals surface area contributed by atoms with E-state index in [2.05, 4.69) is 36.5 Å². The van der Waals surface area contributed by atoms with Crippen LogP contribution in [0.5, 0.6) is 0 Å². The third kappa shape index (κ3) is 2.00. The molecule has 2 N–H and O–H groups in total. The minimum atomic E-state index is -0.614. The Hall–Kier alpha value is -0.860. The minimum Gasteiger partial charge on any atom is -0.385 e. The van der Waals surface area contributed by atoms with Crippen molar-refractivity contribution in [1.82, 2.24) is 5.32 Å². The van der Waals surface area contributed by atoms with Gasteiger partial charge in [-0.15, -0.1) is 0 Å². The van der Waals surface area contributed by atoms with Crippen LogP contribution in [-0.2, 0) is 5.60 Å². The summed E-state index contributed by atoms with van der Waals surface area (Å²) in [7, 11) is 1.95. The van der Waals surface area contributed by atoms with Gasteiger partial charge < -0.3 is 10.4 Å². The lowest BCUT2D eigenvalue weighted by molar-refractivity contribution is -0.00149. The van der Waals surface area contributed by atoms with E-state index in [4.69, 9.17) is 0 Å². The molecule has 2 rings (SSSR count). The van der Waals surface area contributed by atoms with Crippen LogP contribution in [-0.4, -0.2) is 18.7 Å². The van der Waals surface area contributed by atoms with Gasteiger partial charge in [-0.05, 0) is 38.8 Å². The van der Waals surface area contributed by atoms with Crippen molar-refractivity contribution in [3.8, 4) is 0 Å². The van der Waals surface area contributed by atoms with Gasteiger partial charge in [-0.2, -0.15) is 0 Å². The number of aryl methyl sites for hydroxylation is 1. The SMILES string of the molecule is CNCC1CCCC1(O)c1ccc(C)cc1. The Balaban J connectivity index is 2.26. The molecule has 1 aromatic rings. The first-order valence-corrected chi connectivity index (χ1v) is 6.11. The van der Waals surface area contributed by atoms with Crippen LogP contribution in [0.4, 0.5) is 0 Å². The summed E-state index contributed by atoms with van der Waals surface area (Å²) < 4.78 is 0. The van der Waals surface area contributed by atoms with E-state index in [1.54, 1.807) is 0 Å². The monoisotopic (exact) mass is 219 g/mol. The maximum absolute atomic E-state index is 10.8. The Morgan fingerprint density at radius 3 is 2.69 bits per heavy atom. The van der Waals surface area contributed by atoms with Crippen LogP contribution in [0.15, 0.2) is 24.3 Å². The molecule has 0 amide bonds. The molecule has 0 spiro atoms. The summed E-state index contributed by atoms with van der Waals surface area (Å²) in [6.45, 7) is 2.97. The fourth-order valence-electron chi connectivity index (χ4n) is 2.80. The lowest BCUT2D eigenvalue weighted by atomic mass is 9.83. The first-order chi connectivity index (χ1) is 7.66. The zero-order chi connectivity index (χ0) is 11.6. The summed E-state index contributed by atoms with van der Waals surface area (Å²) in [4.78, 5) is 0. The van der Waals surface area contributed by atoms with Crippen LogP contribution in [0, 0.1) is 12.8 Å². The van der Waals surface area contributed by atoms with Crippen molar-refractivity contribution in [2.24, 2.45) is 5.92 Å². The van der Waals surface area contributed by atoms with Crippen LogP contribution in [0.2, 0.25) is 0 Å². The van der Waals surface area contributed by atoms with Gasteiger partial charge in [0, 0.05) is 12.5 Å². The molecule has 0 bridgehead atoms. The largest absolute Gasteiger partial charge is 0.385 e. The summed E-state index contributed by atoms with van der Waals surface area (Å²) >= 11 is 0. The molecule has 2 nitrogen and oxygen atoms in total. The van der Waals surface area contributed by atoms with Crippen molar-refractivity contribution >= 4 is 0 Å². The number of hydrogen-bond acceptors (Lipinski definition) is 2. The Morgan fingerprint density at radius 1 is 1.38 bits per heavy atom. The second kappa shape index (κ2) is 4.56. The molecule has 88 valence electrons. The lowest BCUT2D eigenvalue weighted by Crippen LogP contribution is -2.35. The zero-order valence-electron chi connectivity index (χ0n) is 10.2. The van der Waals surface area contributed by atoms with E-state index < -0.39 is 5.60 Å². The molecule has 2 unspecified atom stereocenters. The number of nitrogens with one attached hydrogen (secondary N) is 1. The van der Waals surface area contributed by atoms with Gasteiger partial charge in [0.15, 0.2) is 0 Å². The first-order valence-electron chi connectivity index (χ1n) is 6.11. The summed E-state index contributed by atoms with van der Waals surface area (Å²) in [5.41, 5.74) is 1.71. The molecule has 0 saturated heterocycles. The average Bonchev–Trinajstić information content (AvgIpc) is 2.63. The second-order valence-corrected chi connectivity index (χ2v) is 4.94. The molecule has 0 aliphatic heterocycles. The molecular weight excluding hydrogens is 198 g/mol. The van der Waals surface area contributed by atoms with E-state index in [1.807, 2.05) is 7.05 Å². The van der Waals surface area contributed by atoms with Crippen molar-refractivity contribution in [2.45, 2.75) is 31.8 Å². The fourth-order valence-corrected chi connectivity index (χ4v) is 2.80. The lowest BCUT2D eigenvalue weighted by Gasteiger charge is -2.30. The molecule has 16 heavy (non-hydrogen) atoms. The quantitative estimate of drug-likeness (QED) is 0.817. The van der Waals surface area contributed by atoms with E-state index in [9.17, 15) is 5.11 Å². The maximum Gasteiger partial charge on any atom is 0.0936 e. The fraction of sp³-hybridized carbons (Fsp3) is 0.571. The molecule has 0 heterocycles. The van der Waals surface area contributed by atoms with Gasteiger partial charge in [0.2, 0.25) is 0 Å². The van der Waals surface area contributed by atoms with E-state index in [1.165, 1.54) is 5.56 Å². The van der Waals surface area contributed by atoms with Crippen LogP contribution in [0.1, 0.15) is 30.4 Å². The number of hydrogen-bond donors (Lipinski definition) is 2. The molecular formula is C14H21NO. The molecule has 1 saturated carbocycles. The molecule has 0 radical (unpaired) electrons. The third-order valence-electron chi connectivity index (χ3n) is 3.79. The summed E-state index contributed by atoms with van der Waals surface area (Å²) in [6, 6.07) is 8.32. The molecule has 1 fully saturated rings. The number of benzene rings is 1. The average molecular weight is 219 g/mol. The van der Waals surface area contributed by atoms with E-state index in [-0.39, 0.29) is 0 Å². The molecule has 2 heteroatoms. The summed E-state index contributed by atoms with van der Waals surface area (Å²) in [5.74, 6) is 0.347. The molecule has 1 aliphatic carbocycles. The van der Waals surface area contributed by atoms with Gasteiger partial charge >= 0.3 is 0 Å². The van der Waals surface area contributed by atoms with Gasteiger partial charge in [-0.25, -0.2) is 0 Å². The van der Waals surface area contributed by atoms with Crippen LogP contribution in [0.3, 0.4) is 0 Å². The predicted octanol–water partition coefficient (Wildman–Crippen LogP) is 2.20. The molecule has 1 aromatic carbocycles. The minimum absolute atomic E-state index is 0.347. The van der Waals surface area contributed by atoms with E-state index in [0.717, 1.165) is 31.4 Å². The Labute approximate surface area is 97.7 Å². The molecule has 1 aliphatic rings. The summed E-state index contributed by atoms with van der Waals surface area (Å²) in [6.07, 6.45) is 3.13. The molecule has 0 aromatic heterocycles. The van der Waals surface area contributed by atoms with Crippen molar-refractivity contribution < 1.29 is 5.11 Å². The summed E-state index contributed by atoms with van der Waals surface area (Å²) in [5, 5.41) is 14.0. The highest BCUT2D eigenvalue weighted by Crippen LogP contribution is 2.43. The van der Waals surface area contributed by atoms with Gasteiger partial charge in [0.25, 0.3) is 0 Å². The van der Waals surface area contributed by atoms with Crippen LogP contribution >= 0.6 is 0 Å². The highest BCUT2D eigenvalue weighted by atomic mass is 16.3. The van der Waals surface area contributed by atoms with Crippen molar-refractivity contribution in [2.75, 3.05) is 13.6 Å². The van der Waals surface area contributed by atoms with Gasteiger partial charge in [0.05, 0.1) is 5.60 Å². The van der Waals surface area contributed by atoms with Gasteiger partial charge in [-0.3, -0.25) is 0 Å². The van der Waals surface area contributed by atoms with Gasteiger partial charge in [0.1, 0.15) is 0 Å². The maximum atomic E-state index is 10.8. The topological polar surface area (TPSA) is 32.3 Å². The highest BCUT2D eigenvalue weighted by Gasteiger charge is 2.41. The van der Waals surface area contributed by atoms with E-state index >= 15 is 0 Å². The smallest absolute Gasteiger partial charge is 0.0936 e. The van der Waals surface area contributed by atoms with Gasteiger partial charge in [-0.1, -0.05) is 29.8 Å². The number of aliphatic hydroxyl groups is 1. The second-order valence-electron chi connectivity index (χ2n) is 4.94. The molecule has 2 atom stereocenters. The van der Waals surface area contributed by atoms with Crippen molar-refractivity contribution in [1.29, 1.82) is 0 Å². The Bertz CT molecular complexity index is 346. The van der Waals surface area contributed by atoms with Crippen LogP contribution < -0.4 is 5.32 Å². The van der Waals surface area contributed by atoms with Crippen molar-refractivity contribution in [3.05, 3.63) is 35.4 Å². The van der Waals surface area contributed by atoms with Crippen LogP contribution in [0.25, 0.3) is 0 Å². The Morgan fingerprint density at radius 2 is 2.06 bits per heavy atom. The Kier molecular flexibility index (Phi) is 3.31. The zero-order valence-corrected chi connectivity index (χ0v) is 10.2. The van der Waals surface area contributed by atoms with E-state index in [0.29, 0.717) is 5.92 Å². The van der Waals surface area contributed by atoms with Crippen molar-refractivity contribution in [3.63, 3.8) is 0 Å². The standard InChI is InChI=1S/C14H21NO/c1-11-5-7-12(8-6-11)14(16)9-3-4-13(14)10-15-2/h5-8,13,15-16H,3-4,9-10H2,1-2H3. The number of rotatable bonds is 3. The first kappa shape index (κ1) is 11.6. The normalized spacial score (nSPS) is 29.6.